The van der Waals surface area contributed by atoms with Gasteiger partial charge in [0.05, 0.1) is 11.6 Å². The lowest BCUT2D eigenvalue weighted by Crippen LogP contribution is -2.38. The van der Waals surface area contributed by atoms with E-state index in [2.05, 4.69) is 44.0 Å². The summed E-state index contributed by atoms with van der Waals surface area (Å²) in [4.78, 5) is 15.4. The number of benzene rings is 2. The van der Waals surface area contributed by atoms with Crippen molar-refractivity contribution in [3.63, 3.8) is 0 Å². The van der Waals surface area contributed by atoms with Crippen LogP contribution >= 0.6 is 23.7 Å². The van der Waals surface area contributed by atoms with E-state index in [1.807, 2.05) is 30.3 Å². The van der Waals surface area contributed by atoms with Crippen molar-refractivity contribution in [3.8, 4) is 0 Å². The first kappa shape index (κ1) is 19.7. The first-order valence-electron chi connectivity index (χ1n) is 8.52. The van der Waals surface area contributed by atoms with E-state index in [1.165, 1.54) is 0 Å². The first-order chi connectivity index (χ1) is 11.6. The summed E-state index contributed by atoms with van der Waals surface area (Å²) in [7, 11) is 0. The third kappa shape index (κ3) is 3.66. The minimum Gasteiger partial charge on any atom is -0.369 e. The Morgan fingerprint density at radius 3 is 2.48 bits per heavy atom. The molecule has 3 nitrogen and oxygen atoms in total. The molecule has 3 rings (SSSR count). The molecule has 134 valence electrons. The van der Waals surface area contributed by atoms with E-state index in [-0.39, 0.29) is 24.0 Å². The van der Waals surface area contributed by atoms with E-state index in [0.29, 0.717) is 0 Å². The lowest BCUT2D eigenvalue weighted by atomic mass is 10.1. The van der Waals surface area contributed by atoms with Crippen molar-refractivity contribution in [1.29, 1.82) is 0 Å². The highest BCUT2D eigenvalue weighted by Gasteiger charge is 2.15. The zero-order valence-electron chi connectivity index (χ0n) is 15.1. The van der Waals surface area contributed by atoms with Gasteiger partial charge in [-0.2, -0.15) is 0 Å². The quantitative estimate of drug-likeness (QED) is 0.488. The molecule has 0 spiro atoms. The van der Waals surface area contributed by atoms with Crippen LogP contribution in [0.25, 0.3) is 20.2 Å². The normalized spacial score (nSPS) is 12.4. The summed E-state index contributed by atoms with van der Waals surface area (Å²) in [6.45, 7) is 10.5. The van der Waals surface area contributed by atoms with Gasteiger partial charge in [-0.25, -0.2) is 0 Å². The average molecular weight is 377 g/mol. The zero-order valence-corrected chi connectivity index (χ0v) is 16.8. The molecule has 1 atom stereocenters. The van der Waals surface area contributed by atoms with Crippen LogP contribution in [0.4, 0.5) is 5.69 Å². The van der Waals surface area contributed by atoms with E-state index in [9.17, 15) is 4.79 Å². The third-order valence-electron chi connectivity index (χ3n) is 4.65. The third-order valence-corrected chi connectivity index (χ3v) is 5.96. The van der Waals surface area contributed by atoms with Crippen molar-refractivity contribution in [2.75, 3.05) is 18.4 Å². The number of nitrogens with zero attached hydrogens (tertiary/aromatic N) is 1. The Bertz CT molecular complexity index is 934. The van der Waals surface area contributed by atoms with Gasteiger partial charge in [0.1, 0.15) is 0 Å². The second-order valence-corrected chi connectivity index (χ2v) is 7.16. The van der Waals surface area contributed by atoms with Crippen LogP contribution in [0, 0.1) is 6.92 Å². The molecule has 2 aromatic carbocycles. The van der Waals surface area contributed by atoms with Gasteiger partial charge in [0.2, 0.25) is 0 Å². The Hall–Kier alpha value is -1.62. The summed E-state index contributed by atoms with van der Waals surface area (Å²) in [5.41, 5.74) is 2.21. The minimum atomic E-state index is 0. The lowest BCUT2D eigenvalue weighted by Gasteiger charge is -2.28. The molecule has 5 heteroatoms. The van der Waals surface area contributed by atoms with Crippen molar-refractivity contribution in [1.82, 2.24) is 4.90 Å². The molecule has 0 saturated carbocycles. The Balaban J connectivity index is 0.00000225. The SMILES string of the molecule is CCN(CC)C(C)Nc1ccc(C)c2sc3ccccc3c(=O)c12.Cl. The van der Waals surface area contributed by atoms with Gasteiger partial charge >= 0.3 is 0 Å². The fraction of sp³-hybridized carbons (Fsp3) is 0.350. The van der Waals surface area contributed by atoms with Crippen molar-refractivity contribution < 1.29 is 0 Å². The summed E-state index contributed by atoms with van der Waals surface area (Å²) in [5.74, 6) is 0. The number of hydrogen-bond acceptors (Lipinski definition) is 4. The highest BCUT2D eigenvalue weighted by Crippen LogP contribution is 2.32. The number of anilines is 1. The summed E-state index contributed by atoms with van der Waals surface area (Å²) in [5, 5.41) is 5.17. The molecule has 1 heterocycles. The van der Waals surface area contributed by atoms with Crippen LogP contribution in [0.5, 0.6) is 0 Å². The molecule has 0 fully saturated rings. The van der Waals surface area contributed by atoms with Crippen LogP contribution in [0.3, 0.4) is 0 Å². The topological polar surface area (TPSA) is 32.3 Å². The summed E-state index contributed by atoms with van der Waals surface area (Å²) < 4.78 is 2.13. The fourth-order valence-corrected chi connectivity index (χ4v) is 4.41. The summed E-state index contributed by atoms with van der Waals surface area (Å²) in [6.07, 6.45) is 0.182. The molecular formula is C20H25ClN2OS. The number of nitrogens with one attached hydrogen (secondary N) is 1. The standard InChI is InChI=1S/C20H24N2OS.ClH/c1-5-22(6-2)14(4)21-16-12-11-13(3)20-18(16)19(23)15-9-7-8-10-17(15)24-20;/h7-12,14,21H,5-6H2,1-4H3;1H. The van der Waals surface area contributed by atoms with Crippen LogP contribution in [-0.4, -0.2) is 24.2 Å². The molecule has 1 aromatic heterocycles. The largest absolute Gasteiger partial charge is 0.369 e. The van der Waals surface area contributed by atoms with E-state index in [4.69, 9.17) is 0 Å². The first-order valence-corrected chi connectivity index (χ1v) is 9.34. The molecule has 25 heavy (non-hydrogen) atoms. The molecular weight excluding hydrogens is 352 g/mol. The Kier molecular flexibility index (Phi) is 6.44. The Labute approximate surface area is 159 Å². The van der Waals surface area contributed by atoms with E-state index in [1.54, 1.807) is 11.3 Å². The second-order valence-electron chi connectivity index (χ2n) is 6.10. The van der Waals surface area contributed by atoms with Gasteiger partial charge in [-0.3, -0.25) is 9.69 Å². The maximum Gasteiger partial charge on any atom is 0.197 e. The highest BCUT2D eigenvalue weighted by molar-refractivity contribution is 7.24. The average Bonchev–Trinajstić information content (AvgIpc) is 2.59. The van der Waals surface area contributed by atoms with Gasteiger partial charge in [0, 0.05) is 20.5 Å². The molecule has 0 amide bonds. The molecule has 1 unspecified atom stereocenters. The second kappa shape index (κ2) is 8.17. The zero-order chi connectivity index (χ0) is 17.3. The molecule has 3 aromatic rings. The smallest absolute Gasteiger partial charge is 0.197 e. The van der Waals surface area contributed by atoms with Gasteiger partial charge < -0.3 is 5.32 Å². The monoisotopic (exact) mass is 376 g/mol. The number of fused-ring (bicyclic) bond motifs is 2. The fourth-order valence-electron chi connectivity index (χ4n) is 3.24. The molecule has 0 bridgehead atoms. The van der Waals surface area contributed by atoms with Gasteiger partial charge in [0.15, 0.2) is 5.43 Å². The van der Waals surface area contributed by atoms with E-state index < -0.39 is 0 Å². The Morgan fingerprint density at radius 2 is 1.80 bits per heavy atom. The molecule has 0 aliphatic carbocycles. The number of halogens is 1. The van der Waals surface area contributed by atoms with Crippen LogP contribution in [0.1, 0.15) is 26.3 Å². The van der Waals surface area contributed by atoms with E-state index in [0.717, 1.165) is 44.5 Å². The van der Waals surface area contributed by atoms with Crippen LogP contribution in [0.15, 0.2) is 41.2 Å². The molecule has 0 saturated heterocycles. The lowest BCUT2D eigenvalue weighted by molar-refractivity contribution is 0.253. The number of rotatable bonds is 5. The summed E-state index contributed by atoms with van der Waals surface area (Å²) >= 11 is 1.70. The minimum absolute atomic E-state index is 0. The van der Waals surface area contributed by atoms with Gasteiger partial charge in [-0.05, 0) is 50.7 Å². The predicted octanol–water partition coefficient (Wildman–Crippen LogP) is 5.24. The highest BCUT2D eigenvalue weighted by atomic mass is 35.5. The van der Waals surface area contributed by atoms with Crippen molar-refractivity contribution in [2.24, 2.45) is 0 Å². The van der Waals surface area contributed by atoms with Crippen molar-refractivity contribution >= 4 is 49.6 Å². The van der Waals surface area contributed by atoms with Gasteiger partial charge in [-0.15, -0.1) is 23.7 Å². The molecule has 0 radical (unpaired) electrons. The van der Waals surface area contributed by atoms with Crippen LogP contribution in [-0.2, 0) is 0 Å². The Morgan fingerprint density at radius 1 is 1.12 bits per heavy atom. The number of aryl methyl sites for hydroxylation is 1. The van der Waals surface area contributed by atoms with Gasteiger partial charge in [-0.1, -0.05) is 32.0 Å². The maximum absolute atomic E-state index is 13.1. The molecule has 1 N–H and O–H groups in total. The molecule has 0 aliphatic rings. The maximum atomic E-state index is 13.1. The number of hydrogen-bond donors (Lipinski definition) is 1. The van der Waals surface area contributed by atoms with Crippen LogP contribution in [0.2, 0.25) is 0 Å². The summed E-state index contributed by atoms with van der Waals surface area (Å²) in [6, 6.07) is 12.0. The molecule has 0 aliphatic heterocycles. The predicted molar refractivity (Wildman–Crippen MR) is 114 cm³/mol. The van der Waals surface area contributed by atoms with Crippen LogP contribution < -0.4 is 10.7 Å². The van der Waals surface area contributed by atoms with Crippen molar-refractivity contribution in [3.05, 3.63) is 52.2 Å². The van der Waals surface area contributed by atoms with Crippen molar-refractivity contribution in [2.45, 2.75) is 33.9 Å². The van der Waals surface area contributed by atoms with Gasteiger partial charge in [0.25, 0.3) is 0 Å². The van der Waals surface area contributed by atoms with E-state index >= 15 is 0 Å².